The second kappa shape index (κ2) is 5.57. The number of aromatic nitrogens is 3. The van der Waals surface area contributed by atoms with Gasteiger partial charge in [0.2, 0.25) is 5.95 Å². The summed E-state index contributed by atoms with van der Waals surface area (Å²) in [6.07, 6.45) is 7.07. The van der Waals surface area contributed by atoms with Gasteiger partial charge in [-0.3, -0.25) is 0 Å². The molecule has 1 N–H and O–H groups in total. The van der Waals surface area contributed by atoms with Crippen LogP contribution in [0.5, 0.6) is 0 Å². The quantitative estimate of drug-likeness (QED) is 0.920. The highest BCUT2D eigenvalue weighted by Crippen LogP contribution is 2.32. The molecule has 0 atom stereocenters. The smallest absolute Gasteiger partial charge is 0.245 e. The number of hydrogen-bond donors (Lipinski definition) is 1. The van der Waals surface area contributed by atoms with Crippen molar-refractivity contribution in [1.82, 2.24) is 19.9 Å². The minimum Gasteiger partial charge on any atom is -0.336 e. The molecular formula is C15H20BrN5. The third-order valence-electron chi connectivity index (χ3n) is 4.44. The average Bonchev–Trinajstić information content (AvgIpc) is 3.25. The molecule has 3 heterocycles. The fraction of sp³-hybridized carbons (Fsp3) is 0.600. The highest BCUT2D eigenvalue weighted by atomic mass is 79.9. The Morgan fingerprint density at radius 2 is 2.05 bits per heavy atom. The zero-order valence-electron chi connectivity index (χ0n) is 12.0. The fourth-order valence-electron chi connectivity index (χ4n) is 3.09. The van der Waals surface area contributed by atoms with Crippen LogP contribution in [0.3, 0.4) is 0 Å². The Morgan fingerprint density at radius 3 is 2.81 bits per heavy atom. The molecule has 21 heavy (non-hydrogen) atoms. The van der Waals surface area contributed by atoms with E-state index >= 15 is 0 Å². The largest absolute Gasteiger partial charge is 0.336 e. The normalized spacial score (nSPS) is 20.0. The van der Waals surface area contributed by atoms with E-state index in [0.29, 0.717) is 6.04 Å². The topological polar surface area (TPSA) is 45.5 Å². The molecule has 0 radical (unpaired) electrons. The Labute approximate surface area is 132 Å². The van der Waals surface area contributed by atoms with Gasteiger partial charge in [-0.1, -0.05) is 0 Å². The Kier molecular flexibility index (Phi) is 3.59. The van der Waals surface area contributed by atoms with E-state index in [1.54, 1.807) is 0 Å². The van der Waals surface area contributed by atoms with E-state index in [1.165, 1.54) is 25.7 Å². The fourth-order valence-corrected chi connectivity index (χ4v) is 3.42. The summed E-state index contributed by atoms with van der Waals surface area (Å²) in [5, 5.41) is 8.13. The minimum absolute atomic E-state index is 0.653. The zero-order chi connectivity index (χ0) is 14.2. The lowest BCUT2D eigenvalue weighted by molar-refractivity contribution is 0.371. The van der Waals surface area contributed by atoms with E-state index in [2.05, 4.69) is 31.2 Å². The lowest BCUT2D eigenvalue weighted by atomic mass is 9.97. The molecule has 1 aliphatic carbocycles. The van der Waals surface area contributed by atoms with Crippen molar-refractivity contribution in [1.29, 1.82) is 0 Å². The molecule has 0 amide bonds. The summed E-state index contributed by atoms with van der Waals surface area (Å²) in [5.41, 5.74) is 0.921. The first-order valence-corrected chi connectivity index (χ1v) is 8.58. The lowest BCUT2D eigenvalue weighted by Crippen LogP contribution is -2.37. The molecule has 5 nitrogen and oxygen atoms in total. The molecule has 0 spiro atoms. The van der Waals surface area contributed by atoms with E-state index in [-0.39, 0.29) is 0 Å². The molecule has 4 rings (SSSR count). The van der Waals surface area contributed by atoms with Crippen LogP contribution in [0.2, 0.25) is 0 Å². The summed E-state index contributed by atoms with van der Waals surface area (Å²) in [6.45, 7) is 3.40. The molecule has 1 saturated heterocycles. The van der Waals surface area contributed by atoms with E-state index < -0.39 is 0 Å². The molecule has 112 valence electrons. The highest BCUT2D eigenvalue weighted by Gasteiger charge is 2.33. The molecule has 0 bridgehead atoms. The van der Waals surface area contributed by atoms with E-state index in [0.717, 1.165) is 41.6 Å². The lowest BCUT2D eigenvalue weighted by Gasteiger charge is -2.29. The standard InChI is InChI=1S/C15H20BrN5/c16-12-1-4-14-18-15(19-21(14)10-12)20(13-2-3-13)9-11-5-7-17-8-6-11/h1,4,10-11,13,17H,2-3,5-9H2. The van der Waals surface area contributed by atoms with Crippen molar-refractivity contribution in [2.24, 2.45) is 5.92 Å². The van der Waals surface area contributed by atoms with Crippen molar-refractivity contribution in [3.05, 3.63) is 22.8 Å². The van der Waals surface area contributed by atoms with Crippen molar-refractivity contribution in [3.63, 3.8) is 0 Å². The SMILES string of the molecule is Brc1ccc2nc(N(CC3CCNCC3)C3CC3)nn2c1. The first kappa shape index (κ1) is 13.5. The Bertz CT molecular complexity index is 630. The molecule has 2 aliphatic rings. The van der Waals surface area contributed by atoms with Crippen LogP contribution in [0.15, 0.2) is 22.8 Å². The van der Waals surface area contributed by atoms with Gasteiger partial charge in [0.25, 0.3) is 0 Å². The molecule has 2 fully saturated rings. The van der Waals surface area contributed by atoms with Crippen LogP contribution < -0.4 is 10.2 Å². The number of halogens is 1. The number of anilines is 1. The number of piperidine rings is 1. The van der Waals surface area contributed by atoms with E-state index in [9.17, 15) is 0 Å². The number of rotatable bonds is 4. The second-order valence-corrected chi connectivity index (χ2v) is 7.05. The van der Waals surface area contributed by atoms with Crippen LogP contribution >= 0.6 is 15.9 Å². The first-order chi connectivity index (χ1) is 10.3. The van der Waals surface area contributed by atoms with Crippen molar-refractivity contribution in [3.8, 4) is 0 Å². The zero-order valence-corrected chi connectivity index (χ0v) is 13.6. The Balaban J connectivity index is 1.59. The van der Waals surface area contributed by atoms with Gasteiger partial charge in [0.15, 0.2) is 5.65 Å². The van der Waals surface area contributed by atoms with Gasteiger partial charge in [-0.25, -0.2) is 4.52 Å². The number of nitrogens with one attached hydrogen (secondary N) is 1. The predicted octanol–water partition coefficient (Wildman–Crippen LogP) is 2.46. The van der Waals surface area contributed by atoms with Crippen molar-refractivity contribution in [2.45, 2.75) is 31.7 Å². The van der Waals surface area contributed by atoms with Gasteiger partial charge in [-0.15, -0.1) is 5.10 Å². The number of fused-ring (bicyclic) bond motifs is 1. The monoisotopic (exact) mass is 349 g/mol. The van der Waals surface area contributed by atoms with Gasteiger partial charge in [-0.05, 0) is 72.8 Å². The van der Waals surface area contributed by atoms with Gasteiger partial charge >= 0.3 is 0 Å². The van der Waals surface area contributed by atoms with Crippen molar-refractivity contribution >= 4 is 27.5 Å². The van der Waals surface area contributed by atoms with Crippen LogP contribution in [0.25, 0.3) is 5.65 Å². The maximum atomic E-state index is 4.72. The van der Waals surface area contributed by atoms with Crippen molar-refractivity contribution in [2.75, 3.05) is 24.5 Å². The molecule has 1 aliphatic heterocycles. The van der Waals surface area contributed by atoms with Crippen LogP contribution in [0, 0.1) is 5.92 Å². The Morgan fingerprint density at radius 1 is 1.24 bits per heavy atom. The molecule has 2 aromatic rings. The maximum Gasteiger partial charge on any atom is 0.245 e. The molecule has 6 heteroatoms. The van der Waals surface area contributed by atoms with Gasteiger partial charge in [0.05, 0.1) is 0 Å². The summed E-state index contributed by atoms with van der Waals surface area (Å²) in [4.78, 5) is 7.16. The van der Waals surface area contributed by atoms with Gasteiger partial charge in [0, 0.05) is 23.3 Å². The number of hydrogen-bond acceptors (Lipinski definition) is 4. The second-order valence-electron chi connectivity index (χ2n) is 6.14. The van der Waals surface area contributed by atoms with Gasteiger partial charge in [0.1, 0.15) is 0 Å². The van der Waals surface area contributed by atoms with Crippen molar-refractivity contribution < 1.29 is 0 Å². The molecule has 2 aromatic heterocycles. The van der Waals surface area contributed by atoms with Gasteiger partial charge in [-0.2, -0.15) is 4.98 Å². The van der Waals surface area contributed by atoms with Crippen LogP contribution in [-0.4, -0.2) is 40.3 Å². The third-order valence-corrected chi connectivity index (χ3v) is 4.91. The van der Waals surface area contributed by atoms with Crippen LogP contribution in [0.4, 0.5) is 5.95 Å². The minimum atomic E-state index is 0.653. The van der Waals surface area contributed by atoms with Crippen LogP contribution in [-0.2, 0) is 0 Å². The van der Waals surface area contributed by atoms with Crippen LogP contribution in [0.1, 0.15) is 25.7 Å². The summed E-state index contributed by atoms with van der Waals surface area (Å²) < 4.78 is 2.90. The molecular weight excluding hydrogens is 330 g/mol. The number of nitrogens with zero attached hydrogens (tertiary/aromatic N) is 4. The molecule has 0 aromatic carbocycles. The third kappa shape index (κ3) is 2.92. The summed E-state index contributed by atoms with van der Waals surface area (Å²) in [5.74, 6) is 1.67. The maximum absolute atomic E-state index is 4.72. The van der Waals surface area contributed by atoms with Gasteiger partial charge < -0.3 is 10.2 Å². The summed E-state index contributed by atoms with van der Waals surface area (Å²) in [6, 6.07) is 4.68. The van der Waals surface area contributed by atoms with E-state index in [1.807, 2.05) is 22.8 Å². The number of pyridine rings is 1. The average molecular weight is 350 g/mol. The Hall–Kier alpha value is -1.14. The summed E-state index contributed by atoms with van der Waals surface area (Å²) >= 11 is 3.49. The van der Waals surface area contributed by atoms with E-state index in [4.69, 9.17) is 4.98 Å². The summed E-state index contributed by atoms with van der Waals surface area (Å²) in [7, 11) is 0. The molecule has 1 saturated carbocycles. The predicted molar refractivity (Wildman–Crippen MR) is 86.6 cm³/mol. The molecule has 0 unspecified atom stereocenters. The first-order valence-electron chi connectivity index (χ1n) is 7.79. The highest BCUT2D eigenvalue weighted by molar-refractivity contribution is 9.10.